The maximum atomic E-state index is 12.1. The number of aliphatic hydroxyl groups excluding tert-OH is 1. The molecule has 19 heavy (non-hydrogen) atoms. The van der Waals surface area contributed by atoms with Crippen molar-refractivity contribution in [3.05, 3.63) is 23.0 Å². The van der Waals surface area contributed by atoms with E-state index in [1.807, 2.05) is 0 Å². The Hall–Kier alpha value is -0.690. The van der Waals surface area contributed by atoms with Gasteiger partial charge in [-0.15, -0.1) is 0 Å². The number of aromatic nitrogens is 1. The monoisotopic (exact) mass is 304 g/mol. The zero-order valence-corrected chi connectivity index (χ0v) is 12.2. The van der Waals surface area contributed by atoms with E-state index in [2.05, 4.69) is 9.71 Å². The Balaban J connectivity index is 2.07. The largest absolute Gasteiger partial charge is 0.393 e. The van der Waals surface area contributed by atoms with Gasteiger partial charge in [-0.25, -0.2) is 18.1 Å². The Labute approximate surface area is 118 Å². The fourth-order valence-corrected chi connectivity index (χ4v) is 3.46. The summed E-state index contributed by atoms with van der Waals surface area (Å²) >= 11 is 5.77. The maximum absolute atomic E-state index is 12.1. The molecule has 0 bridgehead atoms. The van der Waals surface area contributed by atoms with Crippen LogP contribution in [0.4, 0.5) is 0 Å². The summed E-state index contributed by atoms with van der Waals surface area (Å²) in [5, 5.41) is 9.97. The molecule has 0 radical (unpaired) electrons. The molecule has 0 amide bonds. The summed E-state index contributed by atoms with van der Waals surface area (Å²) in [5.41, 5.74) is 0.616. The van der Waals surface area contributed by atoms with Gasteiger partial charge in [0, 0.05) is 12.7 Å². The van der Waals surface area contributed by atoms with Crippen molar-refractivity contribution in [2.75, 3.05) is 6.54 Å². The van der Waals surface area contributed by atoms with Crippen molar-refractivity contribution >= 4 is 21.6 Å². The van der Waals surface area contributed by atoms with Crippen LogP contribution in [0.3, 0.4) is 0 Å². The standard InChI is InChI=1S/C12H17ClN2O3S/c1-8-5-10(7-14-12(8)13)19(17,18)15-6-9-3-2-4-11(9)16/h5,7,9,11,15-16H,2-4,6H2,1H3. The van der Waals surface area contributed by atoms with Crippen LogP contribution in [0.2, 0.25) is 5.15 Å². The zero-order valence-electron chi connectivity index (χ0n) is 10.6. The van der Waals surface area contributed by atoms with Crippen LogP contribution in [-0.2, 0) is 10.0 Å². The molecule has 5 nitrogen and oxygen atoms in total. The van der Waals surface area contributed by atoms with Crippen LogP contribution in [-0.4, -0.2) is 31.2 Å². The molecule has 2 atom stereocenters. The van der Waals surface area contributed by atoms with Gasteiger partial charge in [0.15, 0.2) is 0 Å². The van der Waals surface area contributed by atoms with Gasteiger partial charge in [-0.1, -0.05) is 18.0 Å². The second-order valence-corrected chi connectivity index (χ2v) is 7.01. The van der Waals surface area contributed by atoms with Crippen molar-refractivity contribution in [1.82, 2.24) is 9.71 Å². The second kappa shape index (κ2) is 5.75. The highest BCUT2D eigenvalue weighted by atomic mass is 35.5. The third-order valence-electron chi connectivity index (χ3n) is 3.45. The van der Waals surface area contributed by atoms with Crippen LogP contribution in [0.15, 0.2) is 17.2 Å². The van der Waals surface area contributed by atoms with E-state index in [-0.39, 0.29) is 17.4 Å². The molecular formula is C12H17ClN2O3S. The molecule has 2 rings (SSSR count). The molecule has 2 N–H and O–H groups in total. The molecule has 0 aliphatic heterocycles. The third-order valence-corrected chi connectivity index (χ3v) is 5.24. The lowest BCUT2D eigenvalue weighted by molar-refractivity contribution is 0.134. The number of rotatable bonds is 4. The smallest absolute Gasteiger partial charge is 0.242 e. The van der Waals surface area contributed by atoms with Crippen LogP contribution in [0.1, 0.15) is 24.8 Å². The van der Waals surface area contributed by atoms with Gasteiger partial charge in [0.05, 0.1) is 6.10 Å². The van der Waals surface area contributed by atoms with Crippen molar-refractivity contribution in [3.63, 3.8) is 0 Å². The first-order valence-corrected chi connectivity index (χ1v) is 8.06. The summed E-state index contributed by atoms with van der Waals surface area (Å²) in [4.78, 5) is 3.94. The molecule has 1 aliphatic rings. The van der Waals surface area contributed by atoms with E-state index in [0.717, 1.165) is 19.3 Å². The highest BCUT2D eigenvalue weighted by molar-refractivity contribution is 7.89. The molecule has 1 fully saturated rings. The van der Waals surface area contributed by atoms with Gasteiger partial charge < -0.3 is 5.11 Å². The average molecular weight is 305 g/mol. The van der Waals surface area contributed by atoms with E-state index in [0.29, 0.717) is 10.7 Å². The molecular weight excluding hydrogens is 288 g/mol. The van der Waals surface area contributed by atoms with Crippen LogP contribution in [0.5, 0.6) is 0 Å². The predicted molar refractivity (Wildman–Crippen MR) is 72.5 cm³/mol. The fourth-order valence-electron chi connectivity index (χ4n) is 2.23. The van der Waals surface area contributed by atoms with E-state index >= 15 is 0 Å². The van der Waals surface area contributed by atoms with E-state index in [9.17, 15) is 13.5 Å². The summed E-state index contributed by atoms with van der Waals surface area (Å²) in [6.07, 6.45) is 3.36. The van der Waals surface area contributed by atoms with E-state index in [4.69, 9.17) is 11.6 Å². The Morgan fingerprint density at radius 1 is 1.53 bits per heavy atom. The molecule has 1 aromatic rings. The number of nitrogens with zero attached hydrogens (tertiary/aromatic N) is 1. The van der Waals surface area contributed by atoms with Crippen molar-refractivity contribution in [3.8, 4) is 0 Å². The summed E-state index contributed by atoms with van der Waals surface area (Å²) in [6, 6.07) is 1.49. The number of pyridine rings is 1. The van der Waals surface area contributed by atoms with Gasteiger partial charge in [-0.2, -0.15) is 0 Å². The number of aliphatic hydroxyl groups is 1. The average Bonchev–Trinajstić information content (AvgIpc) is 2.76. The van der Waals surface area contributed by atoms with Gasteiger partial charge in [0.1, 0.15) is 10.0 Å². The lowest BCUT2D eigenvalue weighted by atomic mass is 10.1. The minimum Gasteiger partial charge on any atom is -0.393 e. The molecule has 0 aromatic carbocycles. The number of hydrogen-bond acceptors (Lipinski definition) is 4. The third kappa shape index (κ3) is 3.45. The van der Waals surface area contributed by atoms with E-state index in [1.54, 1.807) is 6.92 Å². The van der Waals surface area contributed by atoms with Gasteiger partial charge >= 0.3 is 0 Å². The van der Waals surface area contributed by atoms with Crippen LogP contribution >= 0.6 is 11.6 Å². The van der Waals surface area contributed by atoms with Crippen LogP contribution in [0.25, 0.3) is 0 Å². The molecule has 106 valence electrons. The zero-order chi connectivity index (χ0) is 14.0. The number of halogens is 1. The molecule has 1 heterocycles. The molecule has 0 saturated heterocycles. The lowest BCUT2D eigenvalue weighted by Crippen LogP contribution is -2.32. The van der Waals surface area contributed by atoms with Gasteiger partial charge in [-0.3, -0.25) is 0 Å². The Bertz CT molecular complexity index is 562. The van der Waals surface area contributed by atoms with Gasteiger partial charge in [0.2, 0.25) is 10.0 Å². The van der Waals surface area contributed by atoms with Crippen molar-refractivity contribution in [1.29, 1.82) is 0 Å². The number of sulfonamides is 1. The highest BCUT2D eigenvalue weighted by Gasteiger charge is 2.27. The first-order chi connectivity index (χ1) is 8.90. The first-order valence-electron chi connectivity index (χ1n) is 6.20. The summed E-state index contributed by atoms with van der Waals surface area (Å²) in [7, 11) is -3.59. The normalized spacial score (nSPS) is 23.7. The first kappa shape index (κ1) is 14.7. The number of hydrogen-bond donors (Lipinski definition) is 2. The van der Waals surface area contributed by atoms with Crippen molar-refractivity contribution in [2.24, 2.45) is 5.92 Å². The second-order valence-electron chi connectivity index (χ2n) is 4.89. The summed E-state index contributed by atoms with van der Waals surface area (Å²) in [5.74, 6) is -0.00358. The molecule has 1 saturated carbocycles. The Morgan fingerprint density at radius 3 is 2.84 bits per heavy atom. The fraction of sp³-hybridized carbons (Fsp3) is 0.583. The van der Waals surface area contributed by atoms with E-state index < -0.39 is 16.1 Å². The summed E-state index contributed by atoms with van der Waals surface area (Å²) in [6.45, 7) is 1.96. The van der Waals surface area contributed by atoms with Crippen LogP contribution < -0.4 is 4.72 Å². The number of aryl methyl sites for hydroxylation is 1. The Morgan fingerprint density at radius 2 is 2.26 bits per heavy atom. The summed E-state index contributed by atoms with van der Waals surface area (Å²) < 4.78 is 26.7. The topological polar surface area (TPSA) is 79.3 Å². The molecule has 7 heteroatoms. The van der Waals surface area contributed by atoms with Gasteiger partial charge in [-0.05, 0) is 37.3 Å². The van der Waals surface area contributed by atoms with Gasteiger partial charge in [0.25, 0.3) is 0 Å². The Kier molecular flexibility index (Phi) is 4.45. The quantitative estimate of drug-likeness (QED) is 0.826. The maximum Gasteiger partial charge on any atom is 0.242 e. The lowest BCUT2D eigenvalue weighted by Gasteiger charge is -2.15. The highest BCUT2D eigenvalue weighted by Crippen LogP contribution is 2.25. The molecule has 0 spiro atoms. The minimum absolute atomic E-state index is 0.00358. The minimum atomic E-state index is -3.59. The van der Waals surface area contributed by atoms with E-state index in [1.165, 1.54) is 12.3 Å². The van der Waals surface area contributed by atoms with Crippen molar-refractivity contribution < 1.29 is 13.5 Å². The van der Waals surface area contributed by atoms with Crippen LogP contribution in [0, 0.1) is 12.8 Å². The molecule has 1 aromatic heterocycles. The predicted octanol–water partition coefficient (Wildman–Crippen LogP) is 1.48. The number of nitrogens with one attached hydrogen (secondary N) is 1. The molecule has 2 unspecified atom stereocenters. The van der Waals surface area contributed by atoms with Crippen molar-refractivity contribution in [2.45, 2.75) is 37.2 Å². The molecule has 1 aliphatic carbocycles. The SMILES string of the molecule is Cc1cc(S(=O)(=O)NCC2CCCC2O)cnc1Cl.